The molecule has 1 aliphatic rings. The van der Waals surface area contributed by atoms with Gasteiger partial charge in [0.15, 0.2) is 0 Å². The largest absolute Gasteiger partial charge is 0.374 e. The fourth-order valence-electron chi connectivity index (χ4n) is 5.89. The molecule has 0 saturated carbocycles. The van der Waals surface area contributed by atoms with Crippen LogP contribution in [0.1, 0.15) is 44.3 Å². The van der Waals surface area contributed by atoms with Crippen molar-refractivity contribution in [2.24, 2.45) is 0 Å². The number of aldehydes is 1. The van der Waals surface area contributed by atoms with Gasteiger partial charge in [-0.15, -0.1) is 0 Å². The first-order valence-electron chi connectivity index (χ1n) is 16.2. The number of carbonyl (C=O) groups excluding carboxylic acids is 1. The second-order valence-corrected chi connectivity index (χ2v) is 12.2. The molecule has 1 unspecified atom stereocenters. The predicted molar refractivity (Wildman–Crippen MR) is 186 cm³/mol. The highest BCUT2D eigenvalue weighted by Crippen LogP contribution is 2.41. The summed E-state index contributed by atoms with van der Waals surface area (Å²) in [6, 6.07) is 45.2. The van der Waals surface area contributed by atoms with Gasteiger partial charge >= 0.3 is 0 Å². The maximum absolute atomic E-state index is 11.9. The summed E-state index contributed by atoms with van der Waals surface area (Å²) in [6.07, 6.45) is -2.27. The van der Waals surface area contributed by atoms with Gasteiger partial charge in [-0.25, -0.2) is 0 Å². The van der Waals surface area contributed by atoms with Crippen LogP contribution >= 0.6 is 11.6 Å². The molecule has 6 rings (SSSR count). The summed E-state index contributed by atoms with van der Waals surface area (Å²) in [5.74, 6) is 0. The van der Waals surface area contributed by atoms with Crippen molar-refractivity contribution in [3.05, 3.63) is 178 Å². The number of halogens is 1. The number of ether oxygens (including phenoxy) is 5. The molecule has 7 heteroatoms. The molecule has 0 radical (unpaired) electrons. The summed E-state index contributed by atoms with van der Waals surface area (Å²) in [5, 5.41) is 0.466. The lowest BCUT2D eigenvalue weighted by molar-refractivity contribution is -0.275. The molecule has 5 aromatic rings. The third-order valence-electron chi connectivity index (χ3n) is 8.35. The first-order chi connectivity index (χ1) is 23.7. The van der Waals surface area contributed by atoms with E-state index in [0.29, 0.717) is 42.6 Å². The van der Waals surface area contributed by atoms with Crippen LogP contribution in [0.15, 0.2) is 140 Å². The summed E-state index contributed by atoms with van der Waals surface area (Å²) in [4.78, 5) is 11.9. The molecule has 0 spiro atoms. The van der Waals surface area contributed by atoms with Gasteiger partial charge in [0.05, 0.1) is 33.0 Å². The minimum Gasteiger partial charge on any atom is -0.374 e. The molecule has 1 heterocycles. The van der Waals surface area contributed by atoms with Crippen molar-refractivity contribution in [3.63, 3.8) is 0 Å². The predicted octanol–water partition coefficient (Wildman–Crippen LogP) is 8.57. The highest BCUT2D eigenvalue weighted by molar-refractivity contribution is 6.31. The van der Waals surface area contributed by atoms with Crippen LogP contribution < -0.4 is 0 Å². The second-order valence-electron chi connectivity index (χ2n) is 11.8. The van der Waals surface area contributed by atoms with Gasteiger partial charge in [-0.05, 0) is 34.4 Å². The average Bonchev–Trinajstić information content (AvgIpc) is 3.14. The number of rotatable bonds is 15. The number of benzene rings is 5. The first-order valence-corrected chi connectivity index (χ1v) is 16.5. The van der Waals surface area contributed by atoms with Crippen LogP contribution in [0, 0.1) is 0 Å². The fourth-order valence-corrected chi connectivity index (χ4v) is 6.12. The zero-order valence-corrected chi connectivity index (χ0v) is 27.4. The molecule has 0 amide bonds. The van der Waals surface area contributed by atoms with E-state index in [1.165, 1.54) is 0 Å². The zero-order valence-electron chi connectivity index (χ0n) is 26.6. The van der Waals surface area contributed by atoms with Crippen LogP contribution in [-0.4, -0.2) is 37.3 Å². The van der Waals surface area contributed by atoms with Crippen LogP contribution in [-0.2, 0) is 50.1 Å². The molecule has 0 aromatic heterocycles. The van der Waals surface area contributed by atoms with E-state index in [4.69, 9.17) is 35.3 Å². The molecule has 1 fully saturated rings. The molecule has 0 N–H and O–H groups in total. The Hall–Kier alpha value is -4.14. The van der Waals surface area contributed by atoms with E-state index in [1.807, 2.05) is 121 Å². The van der Waals surface area contributed by atoms with E-state index < -0.39 is 30.5 Å². The van der Waals surface area contributed by atoms with E-state index in [-0.39, 0.29) is 6.61 Å². The first kappa shape index (κ1) is 33.7. The van der Waals surface area contributed by atoms with Crippen LogP contribution in [0.4, 0.5) is 0 Å². The lowest BCUT2D eigenvalue weighted by Crippen LogP contribution is -2.58. The quantitative estimate of drug-likeness (QED) is 0.105. The van der Waals surface area contributed by atoms with Gasteiger partial charge in [-0.1, -0.05) is 139 Å². The Balaban J connectivity index is 1.37. The second kappa shape index (κ2) is 17.3. The Morgan fingerprint density at radius 2 is 1.02 bits per heavy atom. The van der Waals surface area contributed by atoms with E-state index >= 15 is 0 Å². The van der Waals surface area contributed by atoms with Crippen molar-refractivity contribution in [1.29, 1.82) is 0 Å². The SMILES string of the molecule is O=Cc1ccc(Cl)c([C@@H]2O[C@H](COCc3ccccc3)[C@@H](OCc3ccccc3)C(OCc3ccccc3)[C@H]2OCc2ccccc2)c1. The summed E-state index contributed by atoms with van der Waals surface area (Å²) < 4.78 is 33.5. The average molecular weight is 663 g/mol. The van der Waals surface area contributed by atoms with Crippen molar-refractivity contribution < 1.29 is 28.5 Å². The maximum Gasteiger partial charge on any atom is 0.150 e. The van der Waals surface area contributed by atoms with Crippen molar-refractivity contribution in [2.45, 2.75) is 56.9 Å². The summed E-state index contributed by atoms with van der Waals surface area (Å²) >= 11 is 6.84. The molecule has 0 bridgehead atoms. The van der Waals surface area contributed by atoms with Crippen LogP contribution in [0.25, 0.3) is 0 Å². The number of carbonyl (C=O) groups is 1. The molecular formula is C41H39ClO6. The smallest absolute Gasteiger partial charge is 0.150 e. The number of hydrogen-bond donors (Lipinski definition) is 0. The minimum absolute atomic E-state index is 0.229. The Labute approximate surface area is 287 Å². The summed E-state index contributed by atoms with van der Waals surface area (Å²) in [6.45, 7) is 1.61. The van der Waals surface area contributed by atoms with Crippen LogP contribution in [0.3, 0.4) is 0 Å². The molecule has 48 heavy (non-hydrogen) atoms. The zero-order chi connectivity index (χ0) is 33.0. The van der Waals surface area contributed by atoms with Crippen molar-refractivity contribution in [3.8, 4) is 0 Å². The van der Waals surface area contributed by atoms with Gasteiger partial charge in [0.1, 0.15) is 36.8 Å². The van der Waals surface area contributed by atoms with Gasteiger partial charge in [-0.3, -0.25) is 4.79 Å². The third kappa shape index (κ3) is 9.05. The molecule has 0 aliphatic carbocycles. The summed E-state index contributed by atoms with van der Waals surface area (Å²) in [7, 11) is 0. The van der Waals surface area contributed by atoms with Crippen LogP contribution in [0.5, 0.6) is 0 Å². The van der Waals surface area contributed by atoms with Gasteiger partial charge < -0.3 is 23.7 Å². The Morgan fingerprint density at radius 3 is 1.52 bits per heavy atom. The minimum atomic E-state index is -0.691. The third-order valence-corrected chi connectivity index (χ3v) is 8.69. The fraction of sp³-hybridized carbons (Fsp3) is 0.244. The molecule has 5 aromatic carbocycles. The van der Waals surface area contributed by atoms with Crippen LogP contribution in [0.2, 0.25) is 5.02 Å². The lowest BCUT2D eigenvalue weighted by atomic mass is 9.89. The standard InChI is InChI=1S/C41H39ClO6/c42-36-22-21-34(24-43)23-35(36)38-40(46-27-32-17-9-3-10-18-32)41(47-28-33-19-11-4-12-20-33)39(45-26-31-15-7-2-8-16-31)37(48-38)29-44-25-30-13-5-1-6-14-30/h1-24,37-41H,25-29H2/t37-,38+,39-,40+,41?/m1/s1. The van der Waals surface area contributed by atoms with Crippen molar-refractivity contribution >= 4 is 17.9 Å². The number of hydrogen-bond acceptors (Lipinski definition) is 6. The van der Waals surface area contributed by atoms with Crippen molar-refractivity contribution in [2.75, 3.05) is 6.61 Å². The van der Waals surface area contributed by atoms with Gasteiger partial charge in [0.25, 0.3) is 0 Å². The highest BCUT2D eigenvalue weighted by atomic mass is 35.5. The molecule has 246 valence electrons. The molecule has 6 nitrogen and oxygen atoms in total. The molecule has 1 aliphatic heterocycles. The molecular weight excluding hydrogens is 624 g/mol. The van der Waals surface area contributed by atoms with Crippen molar-refractivity contribution in [1.82, 2.24) is 0 Å². The molecule has 5 atom stereocenters. The topological polar surface area (TPSA) is 63.2 Å². The highest BCUT2D eigenvalue weighted by Gasteiger charge is 2.49. The Morgan fingerprint density at radius 1 is 0.562 bits per heavy atom. The van der Waals surface area contributed by atoms with Gasteiger partial charge in [0, 0.05) is 16.1 Å². The monoisotopic (exact) mass is 662 g/mol. The van der Waals surface area contributed by atoms with E-state index in [9.17, 15) is 4.79 Å². The molecule has 1 saturated heterocycles. The lowest BCUT2D eigenvalue weighted by Gasteiger charge is -2.46. The van der Waals surface area contributed by atoms with E-state index in [0.717, 1.165) is 28.5 Å². The van der Waals surface area contributed by atoms with Gasteiger partial charge in [-0.2, -0.15) is 0 Å². The normalized spacial score (nSPS) is 20.7. The summed E-state index contributed by atoms with van der Waals surface area (Å²) in [5.41, 5.74) is 5.22. The van der Waals surface area contributed by atoms with E-state index in [1.54, 1.807) is 18.2 Å². The Bertz CT molecular complexity index is 1690. The van der Waals surface area contributed by atoms with E-state index in [2.05, 4.69) is 0 Å². The Kier molecular flexibility index (Phi) is 12.2. The van der Waals surface area contributed by atoms with Gasteiger partial charge in [0.2, 0.25) is 0 Å². The maximum atomic E-state index is 11.9.